The number of alkyl halides is 3. The molecule has 1 atom stereocenters. The summed E-state index contributed by atoms with van der Waals surface area (Å²) in [5.74, 6) is -0.392. The summed E-state index contributed by atoms with van der Waals surface area (Å²) in [6.45, 7) is 5.34. The lowest BCUT2D eigenvalue weighted by molar-refractivity contribution is -0.203. The topological polar surface area (TPSA) is 32.3 Å². The van der Waals surface area contributed by atoms with E-state index < -0.39 is 23.7 Å². The van der Waals surface area contributed by atoms with Gasteiger partial charge in [0.2, 0.25) is 5.91 Å². The fourth-order valence-electron chi connectivity index (χ4n) is 3.71. The molecule has 0 aromatic heterocycles. The van der Waals surface area contributed by atoms with Crippen LogP contribution in [0.4, 0.5) is 13.2 Å². The predicted octanol–water partition coefficient (Wildman–Crippen LogP) is 4.91. The van der Waals surface area contributed by atoms with Crippen LogP contribution in [0.15, 0.2) is 36.4 Å². The first-order chi connectivity index (χ1) is 12.1. The maximum atomic E-state index is 14.0. The summed E-state index contributed by atoms with van der Waals surface area (Å²) in [4.78, 5) is 11.8. The van der Waals surface area contributed by atoms with Crippen LogP contribution in [0.2, 0.25) is 0 Å². The van der Waals surface area contributed by atoms with Crippen molar-refractivity contribution in [3.05, 3.63) is 47.5 Å². The fraction of sp³-hybridized carbons (Fsp3) is 0.450. The number of amides is 1. The Balaban J connectivity index is 2.13. The zero-order valence-corrected chi connectivity index (χ0v) is 15.2. The molecule has 0 saturated carbocycles. The van der Waals surface area contributed by atoms with Crippen LogP contribution >= 0.6 is 0 Å². The highest BCUT2D eigenvalue weighted by molar-refractivity contribution is 5.86. The monoisotopic (exact) mass is 364 g/mol. The van der Waals surface area contributed by atoms with Gasteiger partial charge in [0.15, 0.2) is 6.04 Å². The fourth-order valence-corrected chi connectivity index (χ4v) is 3.71. The van der Waals surface area contributed by atoms with E-state index in [0.29, 0.717) is 0 Å². The van der Waals surface area contributed by atoms with Crippen LogP contribution in [0, 0.1) is 0 Å². The Labute approximate surface area is 151 Å². The van der Waals surface area contributed by atoms with E-state index in [4.69, 9.17) is 0 Å². The summed E-state index contributed by atoms with van der Waals surface area (Å²) >= 11 is 0. The molecule has 1 saturated heterocycles. The minimum atomic E-state index is -4.51. The number of rotatable bonds is 4. The van der Waals surface area contributed by atoms with E-state index >= 15 is 0 Å². The molecule has 1 unspecified atom stereocenters. The Morgan fingerprint density at radius 2 is 1.96 bits per heavy atom. The normalized spacial score (nSPS) is 18.9. The van der Waals surface area contributed by atoms with E-state index in [2.05, 4.69) is 5.43 Å². The molecule has 1 amide bonds. The lowest BCUT2D eigenvalue weighted by atomic mass is 9.93. The number of benzene rings is 2. The van der Waals surface area contributed by atoms with Crippen molar-refractivity contribution >= 4 is 16.7 Å². The third kappa shape index (κ3) is 3.43. The summed E-state index contributed by atoms with van der Waals surface area (Å²) in [7, 11) is 0. The van der Waals surface area contributed by atoms with Gasteiger partial charge in [0.25, 0.3) is 0 Å². The summed E-state index contributed by atoms with van der Waals surface area (Å²) in [5, 5.41) is 2.81. The minimum absolute atomic E-state index is 0.0360. The summed E-state index contributed by atoms with van der Waals surface area (Å²) < 4.78 is 42.0. The van der Waals surface area contributed by atoms with Gasteiger partial charge < -0.3 is 0 Å². The van der Waals surface area contributed by atoms with E-state index in [1.165, 1.54) is 6.07 Å². The first kappa shape index (κ1) is 18.7. The van der Waals surface area contributed by atoms with Crippen molar-refractivity contribution in [2.45, 2.75) is 57.8 Å². The van der Waals surface area contributed by atoms with Gasteiger partial charge in [-0.2, -0.15) is 18.2 Å². The smallest absolute Gasteiger partial charge is 0.287 e. The highest BCUT2D eigenvalue weighted by atomic mass is 19.4. The van der Waals surface area contributed by atoms with Crippen molar-refractivity contribution in [1.82, 2.24) is 10.4 Å². The molecule has 3 nitrogen and oxygen atoms in total. The Kier molecular flexibility index (Phi) is 4.73. The van der Waals surface area contributed by atoms with Gasteiger partial charge in [-0.1, -0.05) is 43.7 Å². The van der Waals surface area contributed by atoms with E-state index in [1.807, 2.05) is 25.1 Å². The van der Waals surface area contributed by atoms with Crippen molar-refractivity contribution in [1.29, 1.82) is 0 Å². The largest absolute Gasteiger partial charge is 0.409 e. The van der Waals surface area contributed by atoms with Crippen molar-refractivity contribution in [3.63, 3.8) is 0 Å². The summed E-state index contributed by atoms with van der Waals surface area (Å²) in [5.41, 5.74) is 2.67. The molecule has 1 N–H and O–H groups in total. The Morgan fingerprint density at radius 1 is 1.23 bits per heavy atom. The number of carbonyl (C=O) groups is 1. The molecule has 1 aliphatic heterocycles. The van der Waals surface area contributed by atoms with Crippen LogP contribution in [0.3, 0.4) is 0 Å². The minimum Gasteiger partial charge on any atom is -0.287 e. The molecule has 0 aliphatic carbocycles. The second-order valence-electron chi connectivity index (χ2n) is 7.49. The second kappa shape index (κ2) is 6.58. The van der Waals surface area contributed by atoms with E-state index in [-0.39, 0.29) is 12.0 Å². The average Bonchev–Trinajstić information content (AvgIpc) is 2.79. The van der Waals surface area contributed by atoms with Crippen LogP contribution < -0.4 is 5.43 Å². The first-order valence-corrected chi connectivity index (χ1v) is 8.80. The number of hydrogen-bond donors (Lipinski definition) is 1. The van der Waals surface area contributed by atoms with E-state index in [0.717, 1.165) is 34.2 Å². The number of hydrogen-bond acceptors (Lipinski definition) is 2. The summed E-state index contributed by atoms with van der Waals surface area (Å²) in [6, 6.07) is 8.77. The molecular formula is C20H23F3N2O. The van der Waals surface area contributed by atoms with Crippen LogP contribution in [0.5, 0.6) is 0 Å². The highest BCUT2D eigenvalue weighted by Gasteiger charge is 2.52. The quantitative estimate of drug-likeness (QED) is 0.836. The number of carbonyl (C=O) groups excluding carboxylic acids is 1. The maximum absolute atomic E-state index is 14.0. The Hall–Kier alpha value is -2.08. The van der Waals surface area contributed by atoms with Crippen molar-refractivity contribution < 1.29 is 18.0 Å². The molecule has 0 spiro atoms. The second-order valence-corrected chi connectivity index (χ2v) is 7.49. The van der Waals surface area contributed by atoms with Gasteiger partial charge in [-0.25, -0.2) is 0 Å². The number of nitrogens with one attached hydrogen (secondary N) is 1. The zero-order chi connectivity index (χ0) is 19.1. The molecule has 0 radical (unpaired) electrons. The molecule has 140 valence electrons. The SMILES string of the molecule is CCCc1cccc2ccc(C(N3NC(=O)CC3(C)C)C(F)(F)F)cc12. The van der Waals surface area contributed by atoms with Crippen LogP contribution in [-0.4, -0.2) is 22.6 Å². The van der Waals surface area contributed by atoms with Crippen LogP contribution in [0.25, 0.3) is 10.8 Å². The molecule has 3 rings (SSSR count). The molecule has 2 aromatic rings. The molecule has 1 heterocycles. The lowest BCUT2D eigenvalue weighted by Crippen LogP contribution is -2.51. The molecule has 0 bridgehead atoms. The molecule has 1 fully saturated rings. The van der Waals surface area contributed by atoms with E-state index in [9.17, 15) is 18.0 Å². The molecule has 6 heteroatoms. The van der Waals surface area contributed by atoms with Crippen LogP contribution in [-0.2, 0) is 11.2 Å². The van der Waals surface area contributed by atoms with Crippen molar-refractivity contribution in [2.75, 3.05) is 0 Å². The van der Waals surface area contributed by atoms with Crippen LogP contribution in [0.1, 0.15) is 50.8 Å². The number of nitrogens with zero attached hydrogens (tertiary/aromatic N) is 1. The maximum Gasteiger partial charge on any atom is 0.409 e. The molecule has 26 heavy (non-hydrogen) atoms. The van der Waals surface area contributed by atoms with Gasteiger partial charge in [0.1, 0.15) is 0 Å². The Morgan fingerprint density at radius 3 is 2.54 bits per heavy atom. The molecule has 1 aliphatic rings. The average molecular weight is 364 g/mol. The zero-order valence-electron chi connectivity index (χ0n) is 15.2. The van der Waals surface area contributed by atoms with Gasteiger partial charge in [0, 0.05) is 12.0 Å². The molecular weight excluding hydrogens is 341 g/mol. The van der Waals surface area contributed by atoms with Gasteiger partial charge in [-0.3, -0.25) is 10.2 Å². The summed E-state index contributed by atoms with van der Waals surface area (Å²) in [6.07, 6.45) is -2.75. The Bertz CT molecular complexity index is 829. The van der Waals surface area contributed by atoms with Gasteiger partial charge in [0.05, 0.1) is 0 Å². The van der Waals surface area contributed by atoms with Gasteiger partial charge in [-0.15, -0.1) is 0 Å². The number of halogens is 3. The van der Waals surface area contributed by atoms with Gasteiger partial charge in [-0.05, 0) is 48.2 Å². The van der Waals surface area contributed by atoms with Crippen molar-refractivity contribution in [2.24, 2.45) is 0 Å². The van der Waals surface area contributed by atoms with Crippen molar-refractivity contribution in [3.8, 4) is 0 Å². The highest BCUT2D eigenvalue weighted by Crippen LogP contribution is 2.43. The first-order valence-electron chi connectivity index (χ1n) is 8.80. The lowest BCUT2D eigenvalue weighted by Gasteiger charge is -2.38. The number of hydrazine groups is 1. The van der Waals surface area contributed by atoms with Gasteiger partial charge >= 0.3 is 6.18 Å². The predicted molar refractivity (Wildman–Crippen MR) is 95.4 cm³/mol. The number of aryl methyl sites for hydroxylation is 1. The standard InChI is InChI=1S/C20H23F3N2O/c1-4-6-13-7-5-8-14-9-10-15(11-16(13)14)18(20(21,22)23)25-19(2,3)12-17(26)24-25/h5,7-11,18H,4,6,12H2,1-3H3,(H,24,26). The third-order valence-electron chi connectivity index (χ3n) is 4.89. The van der Waals surface area contributed by atoms with E-state index in [1.54, 1.807) is 26.0 Å². The number of fused-ring (bicyclic) bond motifs is 1. The third-order valence-corrected chi connectivity index (χ3v) is 4.89. The molecule has 2 aromatic carbocycles.